The highest BCUT2D eigenvalue weighted by Crippen LogP contribution is 2.28. The van der Waals surface area contributed by atoms with Crippen molar-refractivity contribution in [1.29, 1.82) is 0 Å². The van der Waals surface area contributed by atoms with Crippen molar-refractivity contribution in [1.82, 2.24) is 10.3 Å². The maximum atomic E-state index is 11.4. The molecule has 106 valence electrons. The third kappa shape index (κ3) is 3.27. The Balaban J connectivity index is 2.16. The van der Waals surface area contributed by atoms with Gasteiger partial charge in [0, 0.05) is 17.5 Å². The van der Waals surface area contributed by atoms with E-state index in [1.807, 2.05) is 37.4 Å². The van der Waals surface area contributed by atoms with Crippen molar-refractivity contribution >= 4 is 22.5 Å². The Labute approximate surface area is 122 Å². The zero-order valence-corrected chi connectivity index (χ0v) is 12.5. The molecular formula is C14H17N3O2S. The molecule has 2 aromatic rings. The smallest absolute Gasteiger partial charge is 0.321 e. The summed E-state index contributed by atoms with van der Waals surface area (Å²) in [5, 5.41) is 7.87. The number of hydrogen-bond acceptors (Lipinski definition) is 4. The molecule has 2 N–H and O–H groups in total. The fraction of sp³-hybridized carbons (Fsp3) is 0.286. The highest BCUT2D eigenvalue weighted by molar-refractivity contribution is 7.14. The van der Waals surface area contributed by atoms with Gasteiger partial charge in [-0.25, -0.2) is 9.78 Å². The Morgan fingerprint density at radius 2 is 2.25 bits per heavy atom. The SMILES string of the molecule is CCNC(=O)Nc1nc(-c2ccc(OC)c(C)c2)cs1. The summed E-state index contributed by atoms with van der Waals surface area (Å²) in [4.78, 5) is 15.8. The summed E-state index contributed by atoms with van der Waals surface area (Å²) in [6.45, 7) is 4.44. The molecule has 0 bridgehead atoms. The van der Waals surface area contributed by atoms with Crippen molar-refractivity contribution in [2.24, 2.45) is 0 Å². The van der Waals surface area contributed by atoms with Crippen LogP contribution in [0, 0.1) is 6.92 Å². The lowest BCUT2D eigenvalue weighted by molar-refractivity contribution is 0.252. The van der Waals surface area contributed by atoms with Crippen LogP contribution in [0.25, 0.3) is 11.3 Å². The van der Waals surface area contributed by atoms with E-state index in [0.717, 1.165) is 22.6 Å². The number of hydrogen-bond donors (Lipinski definition) is 2. The van der Waals surface area contributed by atoms with Gasteiger partial charge in [-0.1, -0.05) is 0 Å². The summed E-state index contributed by atoms with van der Waals surface area (Å²) in [6.07, 6.45) is 0. The van der Waals surface area contributed by atoms with Crippen LogP contribution in [0.2, 0.25) is 0 Å². The second kappa shape index (κ2) is 6.38. The van der Waals surface area contributed by atoms with Crippen LogP contribution in [0.1, 0.15) is 12.5 Å². The van der Waals surface area contributed by atoms with E-state index in [0.29, 0.717) is 11.7 Å². The van der Waals surface area contributed by atoms with Gasteiger partial charge >= 0.3 is 6.03 Å². The first-order chi connectivity index (χ1) is 9.63. The number of ether oxygens (including phenoxy) is 1. The molecule has 0 aliphatic heterocycles. The molecular weight excluding hydrogens is 274 g/mol. The Bertz CT molecular complexity index is 610. The third-order valence-corrected chi connectivity index (χ3v) is 3.51. The highest BCUT2D eigenvalue weighted by Gasteiger charge is 2.08. The number of carbonyl (C=O) groups excluding carboxylic acids is 1. The van der Waals surface area contributed by atoms with Crippen molar-refractivity contribution in [2.45, 2.75) is 13.8 Å². The van der Waals surface area contributed by atoms with Crippen molar-refractivity contribution in [2.75, 3.05) is 19.0 Å². The average molecular weight is 291 g/mol. The van der Waals surface area contributed by atoms with Gasteiger partial charge in [-0.15, -0.1) is 11.3 Å². The van der Waals surface area contributed by atoms with E-state index >= 15 is 0 Å². The van der Waals surface area contributed by atoms with Crippen molar-refractivity contribution in [3.8, 4) is 17.0 Å². The molecule has 20 heavy (non-hydrogen) atoms. The molecule has 0 unspecified atom stereocenters. The van der Waals surface area contributed by atoms with Gasteiger partial charge in [0.1, 0.15) is 5.75 Å². The summed E-state index contributed by atoms with van der Waals surface area (Å²) in [7, 11) is 1.65. The Morgan fingerprint density at radius 1 is 1.45 bits per heavy atom. The van der Waals surface area contributed by atoms with Crippen molar-refractivity contribution in [3.05, 3.63) is 29.1 Å². The molecule has 0 aliphatic carbocycles. The minimum absolute atomic E-state index is 0.237. The number of urea groups is 1. The van der Waals surface area contributed by atoms with Gasteiger partial charge in [0.15, 0.2) is 5.13 Å². The first-order valence-electron chi connectivity index (χ1n) is 6.29. The third-order valence-electron chi connectivity index (χ3n) is 2.75. The Morgan fingerprint density at radius 3 is 2.90 bits per heavy atom. The van der Waals surface area contributed by atoms with Crippen LogP contribution >= 0.6 is 11.3 Å². The maximum absolute atomic E-state index is 11.4. The van der Waals surface area contributed by atoms with Crippen LogP contribution in [-0.2, 0) is 0 Å². The van der Waals surface area contributed by atoms with E-state index in [2.05, 4.69) is 15.6 Å². The second-order valence-electron chi connectivity index (χ2n) is 4.21. The monoisotopic (exact) mass is 291 g/mol. The number of aryl methyl sites for hydroxylation is 1. The molecule has 0 atom stereocenters. The molecule has 2 rings (SSSR count). The van der Waals surface area contributed by atoms with Crippen LogP contribution in [0.4, 0.5) is 9.93 Å². The summed E-state index contributed by atoms with van der Waals surface area (Å²) in [5.41, 5.74) is 2.90. The molecule has 0 radical (unpaired) electrons. The number of nitrogens with one attached hydrogen (secondary N) is 2. The number of methoxy groups -OCH3 is 1. The Kier molecular flexibility index (Phi) is 4.57. The highest BCUT2D eigenvalue weighted by atomic mass is 32.1. The average Bonchev–Trinajstić information content (AvgIpc) is 2.87. The zero-order valence-electron chi connectivity index (χ0n) is 11.7. The predicted octanol–water partition coefficient (Wildman–Crippen LogP) is 3.27. The molecule has 1 heterocycles. The number of benzene rings is 1. The van der Waals surface area contributed by atoms with E-state index in [4.69, 9.17) is 4.74 Å². The van der Waals surface area contributed by atoms with E-state index in [-0.39, 0.29) is 6.03 Å². The first kappa shape index (κ1) is 14.3. The molecule has 0 saturated carbocycles. The number of anilines is 1. The van der Waals surface area contributed by atoms with Gasteiger partial charge < -0.3 is 10.1 Å². The summed E-state index contributed by atoms with van der Waals surface area (Å²) in [5.74, 6) is 0.852. The fourth-order valence-electron chi connectivity index (χ4n) is 1.80. The predicted molar refractivity (Wildman–Crippen MR) is 81.5 cm³/mol. The summed E-state index contributed by atoms with van der Waals surface area (Å²) < 4.78 is 5.24. The quantitative estimate of drug-likeness (QED) is 0.908. The minimum Gasteiger partial charge on any atom is -0.496 e. The van der Waals surface area contributed by atoms with E-state index in [1.54, 1.807) is 7.11 Å². The summed E-state index contributed by atoms with van der Waals surface area (Å²) >= 11 is 1.40. The number of rotatable bonds is 4. The number of thiazole rings is 1. The number of nitrogens with zero attached hydrogens (tertiary/aromatic N) is 1. The first-order valence-corrected chi connectivity index (χ1v) is 7.17. The number of carbonyl (C=O) groups is 1. The lowest BCUT2D eigenvalue weighted by Gasteiger charge is -2.05. The number of amides is 2. The molecule has 0 fully saturated rings. The summed E-state index contributed by atoms with van der Waals surface area (Å²) in [6, 6.07) is 5.65. The largest absolute Gasteiger partial charge is 0.496 e. The van der Waals surface area contributed by atoms with Gasteiger partial charge in [-0.05, 0) is 37.6 Å². The molecule has 5 nitrogen and oxygen atoms in total. The fourth-order valence-corrected chi connectivity index (χ4v) is 2.52. The van der Waals surface area contributed by atoms with Crippen LogP contribution in [0.15, 0.2) is 23.6 Å². The molecule has 2 amide bonds. The van der Waals surface area contributed by atoms with Gasteiger partial charge in [0.05, 0.1) is 12.8 Å². The normalized spacial score (nSPS) is 10.2. The standard InChI is InChI=1S/C14H17N3O2S/c1-4-15-13(18)17-14-16-11(8-20-14)10-5-6-12(19-3)9(2)7-10/h5-8H,4H2,1-3H3,(H2,15,16,17,18). The van der Waals surface area contributed by atoms with Crippen LogP contribution in [-0.4, -0.2) is 24.7 Å². The van der Waals surface area contributed by atoms with Gasteiger partial charge in [0.25, 0.3) is 0 Å². The minimum atomic E-state index is -0.237. The molecule has 0 spiro atoms. The lowest BCUT2D eigenvalue weighted by atomic mass is 10.1. The molecule has 1 aromatic carbocycles. The van der Waals surface area contributed by atoms with E-state index in [1.165, 1.54) is 11.3 Å². The van der Waals surface area contributed by atoms with Gasteiger partial charge in [-0.2, -0.15) is 0 Å². The number of aromatic nitrogens is 1. The van der Waals surface area contributed by atoms with E-state index in [9.17, 15) is 4.79 Å². The molecule has 0 aliphatic rings. The van der Waals surface area contributed by atoms with Crippen molar-refractivity contribution < 1.29 is 9.53 Å². The topological polar surface area (TPSA) is 63.2 Å². The van der Waals surface area contributed by atoms with Crippen LogP contribution in [0.5, 0.6) is 5.75 Å². The lowest BCUT2D eigenvalue weighted by Crippen LogP contribution is -2.28. The van der Waals surface area contributed by atoms with Crippen LogP contribution in [0.3, 0.4) is 0 Å². The Hall–Kier alpha value is -2.08. The maximum Gasteiger partial charge on any atom is 0.321 e. The second-order valence-corrected chi connectivity index (χ2v) is 5.06. The van der Waals surface area contributed by atoms with Gasteiger partial charge in [-0.3, -0.25) is 5.32 Å². The molecule has 0 saturated heterocycles. The molecule has 1 aromatic heterocycles. The van der Waals surface area contributed by atoms with Crippen LogP contribution < -0.4 is 15.4 Å². The van der Waals surface area contributed by atoms with Crippen molar-refractivity contribution in [3.63, 3.8) is 0 Å². The molecule has 6 heteroatoms. The van der Waals surface area contributed by atoms with Gasteiger partial charge in [0.2, 0.25) is 0 Å². The zero-order chi connectivity index (χ0) is 14.5. The van der Waals surface area contributed by atoms with E-state index < -0.39 is 0 Å².